The van der Waals surface area contributed by atoms with Crippen LogP contribution in [-0.2, 0) is 13.2 Å². The van der Waals surface area contributed by atoms with Crippen molar-refractivity contribution in [1.29, 1.82) is 0 Å². The van der Waals surface area contributed by atoms with Crippen LogP contribution >= 0.6 is 15.9 Å². The second-order valence-corrected chi connectivity index (χ2v) is 7.14. The van der Waals surface area contributed by atoms with Crippen LogP contribution in [0.3, 0.4) is 0 Å². The number of rotatable bonds is 7. The molecule has 0 radical (unpaired) electrons. The number of hydrogen-bond acceptors (Lipinski definition) is 3. The largest absolute Gasteiger partial charge is 0.489 e. The van der Waals surface area contributed by atoms with Crippen molar-refractivity contribution in [1.82, 2.24) is 4.98 Å². The van der Waals surface area contributed by atoms with E-state index in [0.717, 1.165) is 34.7 Å². The Morgan fingerprint density at radius 1 is 1.04 bits per heavy atom. The van der Waals surface area contributed by atoms with E-state index in [1.54, 1.807) is 0 Å². The minimum Gasteiger partial charge on any atom is -0.489 e. The van der Waals surface area contributed by atoms with Crippen LogP contribution in [0.2, 0.25) is 0 Å². The smallest absolute Gasteiger partial charge is 0.128 e. The summed E-state index contributed by atoms with van der Waals surface area (Å²) < 4.78 is 7.18. The number of hydrogen-bond donors (Lipinski definition) is 0. The number of aryl methyl sites for hydroxylation is 1. The summed E-state index contributed by atoms with van der Waals surface area (Å²) in [4.78, 5) is 6.71. The maximum atomic E-state index is 6.13. The van der Waals surface area contributed by atoms with Crippen LogP contribution in [0.4, 0.5) is 5.82 Å². The Morgan fingerprint density at radius 3 is 2.54 bits per heavy atom. The molecule has 3 nitrogen and oxygen atoms in total. The van der Waals surface area contributed by atoms with Gasteiger partial charge in [0, 0.05) is 29.3 Å². The normalized spacial score (nSPS) is 10.6. The molecule has 26 heavy (non-hydrogen) atoms. The van der Waals surface area contributed by atoms with Gasteiger partial charge in [-0.1, -0.05) is 51.8 Å². The van der Waals surface area contributed by atoms with Gasteiger partial charge in [-0.2, -0.15) is 0 Å². The fourth-order valence-electron chi connectivity index (χ4n) is 2.76. The average molecular weight is 411 g/mol. The molecular formula is C22H23BrN2O. The standard InChI is InChI=1S/C22H23BrN2O/c1-3-25(22-6-4-5-13-24-22)15-19-14-20(23)11-12-21(19)26-16-18-9-7-17(2)8-10-18/h4-14H,3,15-16H2,1-2H3. The lowest BCUT2D eigenvalue weighted by Gasteiger charge is -2.23. The fourth-order valence-corrected chi connectivity index (χ4v) is 3.17. The molecule has 0 amide bonds. The third-order valence-electron chi connectivity index (χ3n) is 4.25. The molecule has 0 saturated carbocycles. The van der Waals surface area contributed by atoms with Crippen LogP contribution in [0.25, 0.3) is 0 Å². The Labute approximate surface area is 163 Å². The third kappa shape index (κ3) is 4.85. The maximum absolute atomic E-state index is 6.13. The quantitative estimate of drug-likeness (QED) is 0.495. The number of ether oxygens (including phenoxy) is 1. The predicted octanol–water partition coefficient (Wildman–Crippen LogP) is 5.76. The summed E-state index contributed by atoms with van der Waals surface area (Å²) in [6.07, 6.45) is 1.83. The summed E-state index contributed by atoms with van der Waals surface area (Å²) in [5.41, 5.74) is 3.56. The van der Waals surface area contributed by atoms with Crippen molar-refractivity contribution < 1.29 is 4.74 Å². The number of halogens is 1. The zero-order valence-electron chi connectivity index (χ0n) is 15.2. The Kier molecular flexibility index (Phi) is 6.29. The van der Waals surface area contributed by atoms with Gasteiger partial charge in [-0.15, -0.1) is 0 Å². The predicted molar refractivity (Wildman–Crippen MR) is 111 cm³/mol. The van der Waals surface area contributed by atoms with E-state index < -0.39 is 0 Å². The minimum absolute atomic E-state index is 0.560. The molecule has 134 valence electrons. The van der Waals surface area contributed by atoms with Crippen LogP contribution in [0.5, 0.6) is 5.75 Å². The van der Waals surface area contributed by atoms with Crippen molar-refractivity contribution in [2.24, 2.45) is 0 Å². The summed E-state index contributed by atoms with van der Waals surface area (Å²) in [5.74, 6) is 1.88. The van der Waals surface area contributed by atoms with Gasteiger partial charge in [0.1, 0.15) is 18.2 Å². The highest BCUT2D eigenvalue weighted by Crippen LogP contribution is 2.27. The zero-order chi connectivity index (χ0) is 18.4. The average Bonchev–Trinajstić information content (AvgIpc) is 2.67. The second-order valence-electron chi connectivity index (χ2n) is 6.23. The first-order valence-electron chi connectivity index (χ1n) is 8.78. The van der Waals surface area contributed by atoms with Crippen molar-refractivity contribution in [3.8, 4) is 5.75 Å². The van der Waals surface area contributed by atoms with Crippen LogP contribution in [0.15, 0.2) is 71.3 Å². The lowest BCUT2D eigenvalue weighted by atomic mass is 10.1. The van der Waals surface area contributed by atoms with Crippen LogP contribution in [0.1, 0.15) is 23.6 Å². The molecule has 3 aromatic rings. The van der Waals surface area contributed by atoms with Crippen molar-refractivity contribution in [3.63, 3.8) is 0 Å². The molecule has 0 N–H and O–H groups in total. The Morgan fingerprint density at radius 2 is 1.85 bits per heavy atom. The highest BCUT2D eigenvalue weighted by Gasteiger charge is 2.11. The molecule has 0 aliphatic heterocycles. The first-order chi connectivity index (χ1) is 12.7. The van der Waals surface area contributed by atoms with E-state index in [9.17, 15) is 0 Å². The summed E-state index contributed by atoms with van der Waals surface area (Å²) in [7, 11) is 0. The van der Waals surface area contributed by atoms with E-state index in [2.05, 4.69) is 70.0 Å². The molecule has 4 heteroatoms. The first kappa shape index (κ1) is 18.5. The van der Waals surface area contributed by atoms with Gasteiger partial charge in [0.2, 0.25) is 0 Å². The zero-order valence-corrected chi connectivity index (χ0v) is 16.7. The van der Waals surface area contributed by atoms with E-state index in [-0.39, 0.29) is 0 Å². The summed E-state index contributed by atoms with van der Waals surface area (Å²) >= 11 is 3.58. The number of nitrogens with zero attached hydrogens (tertiary/aromatic N) is 2. The molecule has 0 fully saturated rings. The molecular weight excluding hydrogens is 388 g/mol. The third-order valence-corrected chi connectivity index (χ3v) is 4.75. The summed E-state index contributed by atoms with van der Waals surface area (Å²) in [6.45, 7) is 6.41. The van der Waals surface area contributed by atoms with Crippen LogP contribution in [-0.4, -0.2) is 11.5 Å². The highest BCUT2D eigenvalue weighted by molar-refractivity contribution is 9.10. The van der Waals surface area contributed by atoms with Crippen molar-refractivity contribution >= 4 is 21.7 Å². The highest BCUT2D eigenvalue weighted by atomic mass is 79.9. The number of aromatic nitrogens is 1. The molecule has 0 saturated heterocycles. The van der Waals surface area contributed by atoms with Gasteiger partial charge >= 0.3 is 0 Å². The Hall–Kier alpha value is -2.33. The first-order valence-corrected chi connectivity index (χ1v) is 9.57. The Bertz CT molecular complexity index is 835. The monoisotopic (exact) mass is 410 g/mol. The van der Waals surface area contributed by atoms with Gasteiger partial charge in [-0.25, -0.2) is 4.98 Å². The van der Waals surface area contributed by atoms with E-state index >= 15 is 0 Å². The minimum atomic E-state index is 0.560. The molecule has 0 spiro atoms. The lowest BCUT2D eigenvalue weighted by Crippen LogP contribution is -2.23. The van der Waals surface area contributed by atoms with Gasteiger partial charge in [0.05, 0.1) is 0 Å². The van der Waals surface area contributed by atoms with Crippen molar-refractivity contribution in [2.75, 3.05) is 11.4 Å². The van der Waals surface area contributed by atoms with E-state index in [4.69, 9.17) is 4.74 Å². The van der Waals surface area contributed by atoms with Crippen molar-refractivity contribution in [3.05, 3.63) is 88.0 Å². The molecule has 1 heterocycles. The van der Waals surface area contributed by atoms with Gasteiger partial charge in [0.25, 0.3) is 0 Å². The SMILES string of the molecule is CCN(Cc1cc(Br)ccc1OCc1ccc(C)cc1)c1ccccn1. The summed E-state index contributed by atoms with van der Waals surface area (Å²) in [5, 5.41) is 0. The number of pyridine rings is 1. The van der Waals surface area contributed by atoms with Gasteiger partial charge in [0.15, 0.2) is 0 Å². The van der Waals surface area contributed by atoms with Gasteiger partial charge in [-0.05, 0) is 49.7 Å². The molecule has 1 aromatic heterocycles. The molecule has 0 unspecified atom stereocenters. The van der Waals surface area contributed by atoms with Crippen LogP contribution < -0.4 is 9.64 Å². The van der Waals surface area contributed by atoms with E-state index in [1.165, 1.54) is 11.1 Å². The fraction of sp³-hybridized carbons (Fsp3) is 0.227. The van der Waals surface area contributed by atoms with Gasteiger partial charge < -0.3 is 9.64 Å². The molecule has 0 aliphatic rings. The topological polar surface area (TPSA) is 25.4 Å². The number of anilines is 1. The van der Waals surface area contributed by atoms with Crippen molar-refractivity contribution in [2.45, 2.75) is 27.0 Å². The molecule has 0 aliphatic carbocycles. The van der Waals surface area contributed by atoms with Gasteiger partial charge in [-0.3, -0.25) is 0 Å². The Balaban J connectivity index is 1.77. The second kappa shape index (κ2) is 8.86. The van der Waals surface area contributed by atoms with E-state index in [0.29, 0.717) is 6.61 Å². The molecule has 0 bridgehead atoms. The number of benzene rings is 2. The molecule has 0 atom stereocenters. The van der Waals surface area contributed by atoms with E-state index in [1.807, 2.05) is 36.5 Å². The van der Waals surface area contributed by atoms with Crippen LogP contribution in [0, 0.1) is 6.92 Å². The maximum Gasteiger partial charge on any atom is 0.128 e. The molecule has 2 aromatic carbocycles. The summed E-state index contributed by atoms with van der Waals surface area (Å²) in [6, 6.07) is 20.6. The lowest BCUT2D eigenvalue weighted by molar-refractivity contribution is 0.302. The molecule has 3 rings (SSSR count).